The Hall–Kier alpha value is -4.09. The number of hydrogen-bond acceptors (Lipinski definition) is 9. The number of nitrogens with zero attached hydrogens (tertiary/aromatic N) is 4. The van der Waals surface area contributed by atoms with E-state index in [0.717, 1.165) is 41.8 Å². The first-order valence-electron chi connectivity index (χ1n) is 12.7. The van der Waals surface area contributed by atoms with Crippen LogP contribution in [0.15, 0.2) is 59.8 Å². The Morgan fingerprint density at radius 3 is 2.87 bits per heavy atom. The third-order valence-corrected chi connectivity index (χ3v) is 8.76. The first-order chi connectivity index (χ1) is 18.9. The largest absolute Gasteiger partial charge is 0.481 e. The van der Waals surface area contributed by atoms with Crippen LogP contribution in [0.4, 0.5) is 11.5 Å². The van der Waals surface area contributed by atoms with E-state index in [1.165, 1.54) is 11.6 Å². The van der Waals surface area contributed by atoms with Crippen LogP contribution in [0.25, 0.3) is 10.9 Å². The predicted octanol–water partition coefficient (Wildman–Crippen LogP) is 3.35. The zero-order chi connectivity index (χ0) is 27.0. The number of ether oxygens (including phenoxy) is 2. The molecule has 5 heterocycles. The number of sulfone groups is 1. The van der Waals surface area contributed by atoms with E-state index in [0.29, 0.717) is 17.1 Å². The molecule has 0 spiro atoms. The topological polar surface area (TPSA) is 124 Å². The minimum absolute atomic E-state index is 0.102. The number of aromatic nitrogens is 3. The van der Waals surface area contributed by atoms with Gasteiger partial charge in [0.15, 0.2) is 9.84 Å². The molecule has 0 saturated carbocycles. The van der Waals surface area contributed by atoms with Gasteiger partial charge in [0.05, 0.1) is 60.6 Å². The van der Waals surface area contributed by atoms with Gasteiger partial charge in [-0.2, -0.15) is 0 Å². The highest BCUT2D eigenvalue weighted by Gasteiger charge is 2.24. The number of methoxy groups -OCH3 is 1. The molecule has 0 atom stereocenters. The Bertz CT molecular complexity index is 1690. The van der Waals surface area contributed by atoms with Crippen molar-refractivity contribution in [3.63, 3.8) is 0 Å². The summed E-state index contributed by atoms with van der Waals surface area (Å²) in [6.45, 7) is 1.35. The summed E-state index contributed by atoms with van der Waals surface area (Å²) in [5.41, 5.74) is 4.43. The second-order valence-corrected chi connectivity index (χ2v) is 11.6. The standard InChI is InChI=1S/C28H27N5O5S/c1-37-27-12-18-3-2-8-33(24(18)16-30-27)26-7-6-20-14-29-22(13-23(20)32-26)15-31-28(34)19-4-5-21-17-38-9-10-39(35,36)25(21)11-19/h4-7,11-14,16H,2-3,8-10,15,17H2,1H3,(H,31,34). The Balaban J connectivity index is 1.21. The van der Waals surface area contributed by atoms with Crippen LogP contribution < -0.4 is 15.0 Å². The second kappa shape index (κ2) is 10.2. The van der Waals surface area contributed by atoms with Gasteiger partial charge in [0.25, 0.3) is 5.91 Å². The summed E-state index contributed by atoms with van der Waals surface area (Å²) in [6.07, 6.45) is 5.51. The van der Waals surface area contributed by atoms with Crippen molar-refractivity contribution < 1.29 is 22.7 Å². The van der Waals surface area contributed by atoms with Crippen LogP contribution in [-0.4, -0.2) is 55.3 Å². The van der Waals surface area contributed by atoms with Gasteiger partial charge in [-0.3, -0.25) is 9.78 Å². The van der Waals surface area contributed by atoms with Crippen molar-refractivity contribution in [3.8, 4) is 5.88 Å². The van der Waals surface area contributed by atoms with Gasteiger partial charge < -0.3 is 19.7 Å². The summed E-state index contributed by atoms with van der Waals surface area (Å²) < 4.78 is 35.8. The fourth-order valence-corrected chi connectivity index (χ4v) is 6.33. The molecule has 0 aliphatic carbocycles. The fraction of sp³-hybridized carbons (Fsp3) is 0.286. The molecule has 200 valence electrons. The Morgan fingerprint density at radius 2 is 2.00 bits per heavy atom. The van der Waals surface area contributed by atoms with Crippen LogP contribution in [0.3, 0.4) is 0 Å². The van der Waals surface area contributed by atoms with E-state index in [1.54, 1.807) is 25.4 Å². The minimum atomic E-state index is -3.50. The Morgan fingerprint density at radius 1 is 1.10 bits per heavy atom. The third-order valence-electron chi connectivity index (χ3n) is 7.01. The molecule has 4 aromatic rings. The van der Waals surface area contributed by atoms with E-state index in [4.69, 9.17) is 14.5 Å². The van der Waals surface area contributed by atoms with Crippen molar-refractivity contribution in [1.29, 1.82) is 0 Å². The summed E-state index contributed by atoms with van der Waals surface area (Å²) in [5, 5.41) is 3.73. The molecule has 6 rings (SSSR count). The summed E-state index contributed by atoms with van der Waals surface area (Å²) >= 11 is 0. The molecule has 3 aromatic heterocycles. The number of carbonyl (C=O) groups excluding carboxylic acids is 1. The maximum atomic E-state index is 12.9. The van der Waals surface area contributed by atoms with Gasteiger partial charge in [0.1, 0.15) is 5.82 Å². The molecule has 1 N–H and O–H groups in total. The lowest BCUT2D eigenvalue weighted by Gasteiger charge is -2.30. The average Bonchev–Trinajstić information content (AvgIpc) is 3.11. The normalized spacial score (nSPS) is 16.2. The molecule has 10 nitrogen and oxygen atoms in total. The van der Waals surface area contributed by atoms with E-state index in [-0.39, 0.29) is 41.9 Å². The summed E-state index contributed by atoms with van der Waals surface area (Å²) in [6, 6.07) is 12.5. The average molecular weight is 546 g/mol. The number of hydrogen-bond donors (Lipinski definition) is 1. The van der Waals surface area contributed by atoms with Gasteiger partial charge >= 0.3 is 0 Å². The number of pyridine rings is 3. The lowest BCUT2D eigenvalue weighted by Crippen LogP contribution is -2.25. The minimum Gasteiger partial charge on any atom is -0.481 e. The molecule has 1 aromatic carbocycles. The molecule has 0 unspecified atom stereocenters. The molecule has 0 saturated heterocycles. The summed E-state index contributed by atoms with van der Waals surface area (Å²) in [5.74, 6) is 0.928. The number of fused-ring (bicyclic) bond motifs is 3. The van der Waals surface area contributed by atoms with Gasteiger partial charge in [0, 0.05) is 29.8 Å². The predicted molar refractivity (Wildman–Crippen MR) is 145 cm³/mol. The van der Waals surface area contributed by atoms with Crippen LogP contribution in [0, 0.1) is 0 Å². The molecule has 11 heteroatoms. The number of nitrogens with one attached hydrogen (secondary N) is 1. The van der Waals surface area contributed by atoms with Crippen LogP contribution in [0.1, 0.15) is 33.6 Å². The first kappa shape index (κ1) is 25.2. The molecule has 0 bridgehead atoms. The number of rotatable bonds is 5. The van der Waals surface area contributed by atoms with E-state index in [9.17, 15) is 13.2 Å². The first-order valence-corrected chi connectivity index (χ1v) is 14.3. The lowest BCUT2D eigenvalue weighted by molar-refractivity contribution is 0.0950. The highest BCUT2D eigenvalue weighted by Crippen LogP contribution is 2.34. The molecule has 1 amide bonds. The van der Waals surface area contributed by atoms with Crippen molar-refractivity contribution in [1.82, 2.24) is 20.3 Å². The highest BCUT2D eigenvalue weighted by atomic mass is 32.2. The SMILES string of the molecule is COc1cc2c(cn1)N(c1ccc3cnc(CNC(=O)c4ccc5c(c4)S(=O)(=O)CCOC5)cc3n1)CCC2. The van der Waals surface area contributed by atoms with Crippen molar-refractivity contribution in [2.24, 2.45) is 0 Å². The molecular weight excluding hydrogens is 518 g/mol. The van der Waals surface area contributed by atoms with Gasteiger partial charge in [-0.05, 0) is 54.3 Å². The Labute approximate surface area is 225 Å². The molecule has 2 aliphatic rings. The molecular formula is C28H27N5O5S. The van der Waals surface area contributed by atoms with E-state index in [1.807, 2.05) is 30.5 Å². The van der Waals surface area contributed by atoms with Crippen LogP contribution in [0.5, 0.6) is 5.88 Å². The second-order valence-electron chi connectivity index (χ2n) is 9.52. The number of anilines is 2. The summed E-state index contributed by atoms with van der Waals surface area (Å²) in [7, 11) is -1.89. The number of carbonyl (C=O) groups is 1. The maximum Gasteiger partial charge on any atom is 0.251 e. The van der Waals surface area contributed by atoms with Gasteiger partial charge in [-0.25, -0.2) is 18.4 Å². The summed E-state index contributed by atoms with van der Waals surface area (Å²) in [4.78, 5) is 28.9. The van der Waals surface area contributed by atoms with Gasteiger partial charge in [-0.1, -0.05) is 6.07 Å². The zero-order valence-electron chi connectivity index (χ0n) is 21.4. The van der Waals surface area contributed by atoms with Crippen LogP contribution >= 0.6 is 0 Å². The van der Waals surface area contributed by atoms with Crippen molar-refractivity contribution >= 4 is 38.2 Å². The van der Waals surface area contributed by atoms with E-state index in [2.05, 4.69) is 20.2 Å². The fourth-order valence-electron chi connectivity index (χ4n) is 4.94. The van der Waals surface area contributed by atoms with Crippen molar-refractivity contribution in [2.75, 3.05) is 30.9 Å². The lowest BCUT2D eigenvalue weighted by atomic mass is 10.0. The highest BCUT2D eigenvalue weighted by molar-refractivity contribution is 7.91. The number of aryl methyl sites for hydroxylation is 1. The van der Waals surface area contributed by atoms with Crippen LogP contribution in [-0.2, 0) is 34.1 Å². The molecule has 2 aliphatic heterocycles. The number of benzene rings is 1. The monoisotopic (exact) mass is 545 g/mol. The molecule has 39 heavy (non-hydrogen) atoms. The molecule has 0 radical (unpaired) electrons. The maximum absolute atomic E-state index is 12.9. The smallest absolute Gasteiger partial charge is 0.251 e. The third kappa shape index (κ3) is 5.02. The van der Waals surface area contributed by atoms with Crippen molar-refractivity contribution in [2.45, 2.75) is 30.9 Å². The quantitative estimate of drug-likeness (QED) is 0.402. The van der Waals surface area contributed by atoms with Gasteiger partial charge in [-0.15, -0.1) is 0 Å². The van der Waals surface area contributed by atoms with Crippen molar-refractivity contribution in [3.05, 3.63) is 77.2 Å². The van der Waals surface area contributed by atoms with E-state index >= 15 is 0 Å². The zero-order valence-corrected chi connectivity index (χ0v) is 22.2. The number of amides is 1. The Kier molecular flexibility index (Phi) is 6.61. The van der Waals surface area contributed by atoms with Gasteiger partial charge in [0.2, 0.25) is 5.88 Å². The van der Waals surface area contributed by atoms with Crippen LogP contribution in [0.2, 0.25) is 0 Å². The molecule has 0 fully saturated rings. The van der Waals surface area contributed by atoms with E-state index < -0.39 is 9.84 Å².